The van der Waals surface area contributed by atoms with Crippen molar-refractivity contribution in [2.45, 2.75) is 19.8 Å². The van der Waals surface area contributed by atoms with Gasteiger partial charge in [0.1, 0.15) is 5.82 Å². The van der Waals surface area contributed by atoms with Crippen LogP contribution in [0.3, 0.4) is 0 Å². The summed E-state index contributed by atoms with van der Waals surface area (Å²) in [5.41, 5.74) is 0.622. The molecular formula is C15H20N4O2. The Morgan fingerprint density at radius 1 is 1.24 bits per heavy atom. The van der Waals surface area contributed by atoms with E-state index >= 15 is 0 Å². The van der Waals surface area contributed by atoms with Gasteiger partial charge < -0.3 is 10.6 Å². The highest BCUT2D eigenvalue weighted by molar-refractivity contribution is 5.77. The molecule has 0 aliphatic carbocycles. The first-order valence-corrected chi connectivity index (χ1v) is 7.10. The number of nitrogens with zero attached hydrogens (tertiary/aromatic N) is 2. The lowest BCUT2D eigenvalue weighted by Crippen LogP contribution is -2.37. The van der Waals surface area contributed by atoms with Crippen LogP contribution in [-0.4, -0.2) is 28.7 Å². The van der Waals surface area contributed by atoms with Crippen molar-refractivity contribution < 1.29 is 4.79 Å². The van der Waals surface area contributed by atoms with Gasteiger partial charge in [0.25, 0.3) is 5.56 Å². The fourth-order valence-corrected chi connectivity index (χ4v) is 2.08. The topological polar surface area (TPSA) is 76.0 Å². The molecule has 6 nitrogen and oxygen atoms in total. The van der Waals surface area contributed by atoms with Crippen molar-refractivity contribution >= 4 is 16.9 Å². The molecule has 0 atom stereocenters. The molecular weight excluding hydrogens is 268 g/mol. The highest BCUT2D eigenvalue weighted by atomic mass is 16.2. The molecule has 0 fully saturated rings. The summed E-state index contributed by atoms with van der Waals surface area (Å²) >= 11 is 0. The lowest BCUT2D eigenvalue weighted by molar-refractivity contribution is 0.241. The maximum absolute atomic E-state index is 12.2. The quantitative estimate of drug-likeness (QED) is 0.867. The van der Waals surface area contributed by atoms with E-state index in [4.69, 9.17) is 0 Å². The fourth-order valence-electron chi connectivity index (χ4n) is 2.08. The number of hydrogen-bond donors (Lipinski definition) is 2. The Morgan fingerprint density at radius 3 is 2.71 bits per heavy atom. The normalized spacial score (nSPS) is 10.6. The molecule has 0 unspecified atom stereocenters. The van der Waals surface area contributed by atoms with Gasteiger partial charge in [-0.25, -0.2) is 9.78 Å². The molecule has 1 aromatic heterocycles. The molecule has 112 valence electrons. The van der Waals surface area contributed by atoms with E-state index in [2.05, 4.69) is 15.6 Å². The number of para-hydroxylation sites is 1. The van der Waals surface area contributed by atoms with Gasteiger partial charge in [0.2, 0.25) is 0 Å². The molecule has 0 saturated carbocycles. The number of carbonyl (C=O) groups excluding carboxylic acids is 1. The van der Waals surface area contributed by atoms with E-state index in [0.717, 1.165) is 6.42 Å². The SMILES string of the molecule is CCCNC(=O)NCCc1nc2ccccc2c(=O)n1C. The summed E-state index contributed by atoms with van der Waals surface area (Å²) in [5.74, 6) is 0.662. The second-order valence-corrected chi connectivity index (χ2v) is 4.84. The van der Waals surface area contributed by atoms with Crippen molar-refractivity contribution in [3.63, 3.8) is 0 Å². The van der Waals surface area contributed by atoms with Crippen LogP contribution < -0.4 is 16.2 Å². The van der Waals surface area contributed by atoms with Crippen molar-refractivity contribution in [3.05, 3.63) is 40.4 Å². The van der Waals surface area contributed by atoms with Gasteiger partial charge in [-0.2, -0.15) is 0 Å². The summed E-state index contributed by atoms with van der Waals surface area (Å²) in [7, 11) is 1.70. The van der Waals surface area contributed by atoms with Crippen molar-refractivity contribution in [3.8, 4) is 0 Å². The van der Waals surface area contributed by atoms with Crippen LogP contribution in [0.5, 0.6) is 0 Å². The summed E-state index contributed by atoms with van der Waals surface area (Å²) in [6.07, 6.45) is 1.41. The third kappa shape index (κ3) is 3.59. The van der Waals surface area contributed by atoms with E-state index in [0.29, 0.717) is 36.2 Å². The first kappa shape index (κ1) is 15.0. The van der Waals surface area contributed by atoms with Crippen LogP contribution in [0.4, 0.5) is 4.79 Å². The lowest BCUT2D eigenvalue weighted by Gasteiger charge is -2.10. The largest absolute Gasteiger partial charge is 0.338 e. The molecule has 0 bridgehead atoms. The van der Waals surface area contributed by atoms with Gasteiger partial charge in [-0.1, -0.05) is 19.1 Å². The molecule has 0 spiro atoms. The predicted molar refractivity (Wildman–Crippen MR) is 82.4 cm³/mol. The Kier molecular flexibility index (Phi) is 4.92. The van der Waals surface area contributed by atoms with E-state index in [9.17, 15) is 9.59 Å². The molecule has 0 aliphatic rings. The average molecular weight is 288 g/mol. The highest BCUT2D eigenvalue weighted by Crippen LogP contribution is 2.07. The first-order valence-electron chi connectivity index (χ1n) is 7.10. The van der Waals surface area contributed by atoms with E-state index in [1.165, 1.54) is 4.57 Å². The molecule has 2 rings (SSSR count). The number of nitrogens with one attached hydrogen (secondary N) is 2. The van der Waals surface area contributed by atoms with E-state index in [-0.39, 0.29) is 11.6 Å². The summed E-state index contributed by atoms with van der Waals surface area (Å²) < 4.78 is 1.54. The van der Waals surface area contributed by atoms with Crippen LogP contribution in [0.25, 0.3) is 10.9 Å². The molecule has 2 amide bonds. The summed E-state index contributed by atoms with van der Waals surface area (Å²) in [6, 6.07) is 7.08. The second-order valence-electron chi connectivity index (χ2n) is 4.84. The number of carbonyl (C=O) groups is 1. The van der Waals surface area contributed by atoms with Gasteiger partial charge in [-0.15, -0.1) is 0 Å². The van der Waals surface area contributed by atoms with Gasteiger partial charge in [0.15, 0.2) is 0 Å². The minimum absolute atomic E-state index is 0.0639. The van der Waals surface area contributed by atoms with Gasteiger partial charge >= 0.3 is 6.03 Å². The molecule has 6 heteroatoms. The van der Waals surface area contributed by atoms with Crippen LogP contribution >= 0.6 is 0 Å². The number of fused-ring (bicyclic) bond motifs is 1. The zero-order valence-electron chi connectivity index (χ0n) is 12.3. The molecule has 2 N–H and O–H groups in total. The predicted octanol–water partition coefficient (Wildman–Crippen LogP) is 1.19. The number of hydrogen-bond acceptors (Lipinski definition) is 3. The van der Waals surface area contributed by atoms with Crippen LogP contribution in [-0.2, 0) is 13.5 Å². The van der Waals surface area contributed by atoms with Crippen LogP contribution in [0.2, 0.25) is 0 Å². The first-order chi connectivity index (χ1) is 10.1. The van der Waals surface area contributed by atoms with E-state index < -0.39 is 0 Å². The number of benzene rings is 1. The van der Waals surface area contributed by atoms with Crippen LogP contribution in [0.15, 0.2) is 29.1 Å². The minimum atomic E-state index is -0.192. The zero-order valence-corrected chi connectivity index (χ0v) is 12.3. The monoisotopic (exact) mass is 288 g/mol. The molecule has 0 radical (unpaired) electrons. The maximum Gasteiger partial charge on any atom is 0.314 e. The van der Waals surface area contributed by atoms with E-state index in [1.54, 1.807) is 13.1 Å². The van der Waals surface area contributed by atoms with Gasteiger partial charge in [-0.3, -0.25) is 9.36 Å². The smallest absolute Gasteiger partial charge is 0.314 e. The van der Waals surface area contributed by atoms with Crippen molar-refractivity contribution in [2.24, 2.45) is 7.05 Å². The number of aromatic nitrogens is 2. The Morgan fingerprint density at radius 2 is 1.95 bits per heavy atom. The zero-order chi connectivity index (χ0) is 15.2. The Labute approximate surface area is 123 Å². The molecule has 0 aliphatic heterocycles. The standard InChI is InChI=1S/C15H20N4O2/c1-3-9-16-15(21)17-10-8-13-18-12-7-5-4-6-11(12)14(20)19(13)2/h4-7H,3,8-10H2,1-2H3,(H2,16,17,21). The number of urea groups is 1. The Balaban J connectivity index is 2.07. The maximum atomic E-state index is 12.2. The Bertz CT molecular complexity index is 694. The summed E-state index contributed by atoms with van der Waals surface area (Å²) in [6.45, 7) is 3.09. The third-order valence-electron chi connectivity index (χ3n) is 3.25. The van der Waals surface area contributed by atoms with Gasteiger partial charge in [0.05, 0.1) is 10.9 Å². The van der Waals surface area contributed by atoms with E-state index in [1.807, 2.05) is 25.1 Å². The highest BCUT2D eigenvalue weighted by Gasteiger charge is 2.08. The molecule has 2 aromatic rings. The summed E-state index contributed by atoms with van der Waals surface area (Å²) in [5, 5.41) is 6.10. The minimum Gasteiger partial charge on any atom is -0.338 e. The number of amides is 2. The second kappa shape index (κ2) is 6.88. The lowest BCUT2D eigenvalue weighted by atomic mass is 10.2. The molecule has 21 heavy (non-hydrogen) atoms. The van der Waals surface area contributed by atoms with Crippen molar-refractivity contribution in [1.82, 2.24) is 20.2 Å². The third-order valence-corrected chi connectivity index (χ3v) is 3.25. The molecule has 0 saturated heterocycles. The summed E-state index contributed by atoms with van der Waals surface area (Å²) in [4.78, 5) is 28.1. The van der Waals surface area contributed by atoms with Crippen LogP contribution in [0.1, 0.15) is 19.2 Å². The van der Waals surface area contributed by atoms with Crippen molar-refractivity contribution in [1.29, 1.82) is 0 Å². The van der Waals surface area contributed by atoms with Gasteiger partial charge in [-0.05, 0) is 18.6 Å². The molecule has 1 heterocycles. The number of rotatable bonds is 5. The fraction of sp³-hybridized carbons (Fsp3) is 0.400. The Hall–Kier alpha value is -2.37. The average Bonchev–Trinajstić information content (AvgIpc) is 2.50. The van der Waals surface area contributed by atoms with Crippen molar-refractivity contribution in [2.75, 3.05) is 13.1 Å². The van der Waals surface area contributed by atoms with Gasteiger partial charge in [0, 0.05) is 26.6 Å². The van der Waals surface area contributed by atoms with Crippen LogP contribution in [0, 0.1) is 0 Å². The molecule has 1 aromatic carbocycles.